The van der Waals surface area contributed by atoms with Gasteiger partial charge in [-0.3, -0.25) is 9.59 Å². The topological polar surface area (TPSA) is 220 Å². The number of alkyl carbamates (subject to hydrolysis) is 1. The fraction of sp³-hybridized carbons (Fsp3) is 0.519. The van der Waals surface area contributed by atoms with E-state index >= 15 is 0 Å². The van der Waals surface area contributed by atoms with Gasteiger partial charge in [0.15, 0.2) is 0 Å². The lowest BCUT2D eigenvalue weighted by Crippen LogP contribution is -2.44. The molecule has 0 aliphatic heterocycles. The second-order valence-electron chi connectivity index (χ2n) is 10.2. The molecule has 1 amide bonds. The first-order chi connectivity index (χ1) is 18.5. The molecule has 0 saturated heterocycles. The fourth-order valence-electron chi connectivity index (χ4n) is 2.97. The smallest absolute Gasteiger partial charge is 0.408 e. The zero-order valence-electron chi connectivity index (χ0n) is 23.9. The molecule has 1 heterocycles. The van der Waals surface area contributed by atoms with Crippen LogP contribution in [0.4, 0.5) is 4.79 Å². The lowest BCUT2D eigenvalue weighted by atomic mass is 10.0. The first-order valence-electron chi connectivity index (χ1n) is 12.6. The number of benzene rings is 1. The number of esters is 1. The van der Waals surface area contributed by atoms with Crippen molar-refractivity contribution in [3.63, 3.8) is 0 Å². The molecule has 0 aliphatic rings. The Balaban J connectivity index is 0.000000578. The minimum atomic E-state index is -1.04. The molecule has 224 valence electrons. The molecular weight excluding hydrogens is 522 g/mol. The quantitative estimate of drug-likeness (QED) is 0.229. The minimum absolute atomic E-state index is 0.191. The average Bonchev–Trinajstić information content (AvgIpc) is 3.36. The van der Waals surface area contributed by atoms with Crippen LogP contribution in [-0.2, 0) is 36.7 Å². The number of aromatic amines is 1. The van der Waals surface area contributed by atoms with Crippen LogP contribution in [0, 0.1) is 5.92 Å². The number of amides is 1. The van der Waals surface area contributed by atoms with Crippen molar-refractivity contribution < 1.29 is 38.9 Å². The van der Waals surface area contributed by atoms with Crippen molar-refractivity contribution in [3.8, 4) is 0 Å². The van der Waals surface area contributed by atoms with Crippen LogP contribution in [0.1, 0.15) is 52.3 Å². The Morgan fingerprint density at radius 3 is 2.02 bits per heavy atom. The summed E-state index contributed by atoms with van der Waals surface area (Å²) in [5.41, 5.74) is 12.0. The number of imidazole rings is 1. The van der Waals surface area contributed by atoms with Crippen molar-refractivity contribution in [3.05, 3.63) is 54.1 Å². The van der Waals surface area contributed by atoms with Gasteiger partial charge in [-0.25, -0.2) is 14.6 Å². The summed E-state index contributed by atoms with van der Waals surface area (Å²) in [6.45, 7) is 8.97. The number of aromatic nitrogens is 2. The maximum absolute atomic E-state index is 11.4. The third kappa shape index (κ3) is 17.5. The fourth-order valence-corrected chi connectivity index (χ4v) is 2.97. The number of carbonyl (C=O) groups is 4. The summed E-state index contributed by atoms with van der Waals surface area (Å²) in [6.07, 6.45) is 3.67. The van der Waals surface area contributed by atoms with Gasteiger partial charge in [-0.15, -0.1) is 0 Å². The van der Waals surface area contributed by atoms with Crippen LogP contribution in [0.5, 0.6) is 0 Å². The van der Waals surface area contributed by atoms with Crippen molar-refractivity contribution in [1.29, 1.82) is 0 Å². The van der Waals surface area contributed by atoms with Crippen LogP contribution in [0.3, 0.4) is 0 Å². The Hall–Kier alpha value is -3.97. The van der Waals surface area contributed by atoms with Crippen LogP contribution in [0.15, 0.2) is 42.9 Å². The van der Waals surface area contributed by atoms with E-state index in [1.807, 2.05) is 44.2 Å². The molecule has 0 bridgehead atoms. The second kappa shape index (κ2) is 18.3. The lowest BCUT2D eigenvalue weighted by Gasteiger charge is -2.22. The number of rotatable bonds is 10. The molecule has 3 unspecified atom stereocenters. The molecule has 13 nitrogen and oxygen atoms in total. The number of hydrogen-bond acceptors (Lipinski definition) is 9. The molecule has 13 heteroatoms. The number of carboxylic acid groups (broad SMARTS) is 2. The highest BCUT2D eigenvalue weighted by molar-refractivity contribution is 5.80. The predicted octanol–water partition coefficient (Wildman–Crippen LogP) is 2.10. The number of nitrogens with one attached hydrogen (secondary N) is 2. The standard InChI is InChI=1S/C11H21NO4.C9H11NO2.C7H11N3O2/c1-7(2)6-8(9(13)14)12-10(15)16-11(3,4)5;10-8(9(11)12)6-7-4-2-1-3-5-7;1-12-7(11)6(8)2-5-3-9-4-10-5/h7-8H,6H2,1-5H3,(H,12,15)(H,13,14);1-5,8H,6,10H2,(H,11,12);3-4,6H,2,8H2,1H3,(H,9,10). The van der Waals surface area contributed by atoms with Gasteiger partial charge in [0.1, 0.15) is 23.7 Å². The third-order valence-corrected chi connectivity index (χ3v) is 4.81. The summed E-state index contributed by atoms with van der Waals surface area (Å²) >= 11 is 0. The van der Waals surface area contributed by atoms with Crippen LogP contribution in [-0.4, -0.2) is 75.0 Å². The Bertz CT molecular complexity index is 1020. The first kappa shape index (κ1) is 36.0. The zero-order chi connectivity index (χ0) is 30.9. The summed E-state index contributed by atoms with van der Waals surface area (Å²) in [7, 11) is 1.31. The van der Waals surface area contributed by atoms with Gasteiger partial charge >= 0.3 is 24.0 Å². The van der Waals surface area contributed by atoms with Gasteiger partial charge < -0.3 is 41.5 Å². The molecule has 2 aromatic rings. The number of nitrogens with two attached hydrogens (primary N) is 2. The van der Waals surface area contributed by atoms with Gasteiger partial charge in [-0.05, 0) is 45.1 Å². The van der Waals surface area contributed by atoms with Crippen LogP contribution < -0.4 is 16.8 Å². The molecule has 40 heavy (non-hydrogen) atoms. The maximum atomic E-state index is 11.4. The summed E-state index contributed by atoms with van der Waals surface area (Å²) in [4.78, 5) is 50.1. The molecule has 1 aromatic heterocycles. The Kier molecular flexibility index (Phi) is 16.5. The monoisotopic (exact) mass is 565 g/mol. The molecule has 8 N–H and O–H groups in total. The molecule has 0 radical (unpaired) electrons. The second-order valence-corrected chi connectivity index (χ2v) is 10.2. The van der Waals surface area contributed by atoms with E-state index in [0.29, 0.717) is 19.3 Å². The summed E-state index contributed by atoms with van der Waals surface area (Å²) in [6, 6.07) is 7.03. The van der Waals surface area contributed by atoms with Crippen molar-refractivity contribution in [1.82, 2.24) is 15.3 Å². The van der Waals surface area contributed by atoms with E-state index in [2.05, 4.69) is 20.0 Å². The summed E-state index contributed by atoms with van der Waals surface area (Å²) in [5, 5.41) is 19.8. The number of ether oxygens (including phenoxy) is 2. The van der Waals surface area contributed by atoms with Gasteiger partial charge in [0.2, 0.25) is 0 Å². The van der Waals surface area contributed by atoms with Crippen molar-refractivity contribution in [2.45, 2.75) is 77.6 Å². The minimum Gasteiger partial charge on any atom is -0.480 e. The molecule has 2 rings (SSSR count). The molecule has 0 saturated carbocycles. The maximum Gasteiger partial charge on any atom is 0.408 e. The summed E-state index contributed by atoms with van der Waals surface area (Å²) in [5.74, 6) is -2.22. The molecule has 0 spiro atoms. The first-order valence-corrected chi connectivity index (χ1v) is 12.6. The zero-order valence-corrected chi connectivity index (χ0v) is 23.9. The van der Waals surface area contributed by atoms with Gasteiger partial charge in [-0.1, -0.05) is 44.2 Å². The normalized spacial score (nSPS) is 12.8. The van der Waals surface area contributed by atoms with Gasteiger partial charge in [-0.2, -0.15) is 0 Å². The van der Waals surface area contributed by atoms with E-state index in [1.54, 1.807) is 33.3 Å². The van der Waals surface area contributed by atoms with E-state index in [-0.39, 0.29) is 5.92 Å². The van der Waals surface area contributed by atoms with E-state index in [4.69, 9.17) is 26.4 Å². The van der Waals surface area contributed by atoms with E-state index in [1.165, 1.54) is 7.11 Å². The Morgan fingerprint density at radius 2 is 1.60 bits per heavy atom. The average molecular weight is 566 g/mol. The van der Waals surface area contributed by atoms with E-state index < -0.39 is 47.7 Å². The molecule has 0 fully saturated rings. The number of H-pyrrole nitrogens is 1. The highest BCUT2D eigenvalue weighted by Gasteiger charge is 2.24. The lowest BCUT2D eigenvalue weighted by molar-refractivity contribution is -0.142. The number of methoxy groups -OCH3 is 1. The SMILES string of the molecule is CC(C)CC(NC(=O)OC(C)(C)C)C(=O)O.COC(=O)C(N)Cc1cnc[nH]1.NC(Cc1ccccc1)C(=O)O. The van der Waals surface area contributed by atoms with Gasteiger partial charge in [0.05, 0.1) is 13.4 Å². The van der Waals surface area contributed by atoms with Gasteiger partial charge in [0.25, 0.3) is 0 Å². The van der Waals surface area contributed by atoms with E-state index in [0.717, 1.165) is 11.3 Å². The summed E-state index contributed by atoms with van der Waals surface area (Å²) < 4.78 is 9.45. The third-order valence-electron chi connectivity index (χ3n) is 4.81. The van der Waals surface area contributed by atoms with E-state index in [9.17, 15) is 19.2 Å². The van der Waals surface area contributed by atoms with Crippen LogP contribution in [0.2, 0.25) is 0 Å². The van der Waals surface area contributed by atoms with Crippen LogP contribution in [0.25, 0.3) is 0 Å². The molecular formula is C27H43N5O8. The van der Waals surface area contributed by atoms with Crippen LogP contribution >= 0.6 is 0 Å². The van der Waals surface area contributed by atoms with Gasteiger partial charge in [0, 0.05) is 18.3 Å². The molecule has 3 atom stereocenters. The van der Waals surface area contributed by atoms with Crippen molar-refractivity contribution in [2.24, 2.45) is 17.4 Å². The predicted molar refractivity (Wildman–Crippen MR) is 148 cm³/mol. The Labute approximate surface area is 234 Å². The Morgan fingerprint density at radius 1 is 1.00 bits per heavy atom. The van der Waals surface area contributed by atoms with Crippen molar-refractivity contribution >= 4 is 24.0 Å². The largest absolute Gasteiger partial charge is 0.480 e. The highest BCUT2D eigenvalue weighted by atomic mass is 16.6. The molecule has 1 aromatic carbocycles. The number of carboxylic acids is 2. The highest BCUT2D eigenvalue weighted by Crippen LogP contribution is 2.09. The number of hydrogen-bond donors (Lipinski definition) is 6. The number of aliphatic carboxylic acids is 2. The number of carbonyl (C=O) groups excluding carboxylic acids is 2. The molecule has 0 aliphatic carbocycles. The van der Waals surface area contributed by atoms with Crippen molar-refractivity contribution in [2.75, 3.05) is 7.11 Å². The number of nitrogens with zero attached hydrogens (tertiary/aromatic N) is 1.